The number of aliphatic hydroxyl groups excluding tert-OH is 1. The molecule has 0 aromatic carbocycles. The van der Waals surface area contributed by atoms with Gasteiger partial charge in [-0.05, 0) is 39.0 Å². The quantitative estimate of drug-likeness (QED) is 0.584. The summed E-state index contributed by atoms with van der Waals surface area (Å²) in [5.41, 5.74) is -0.394. The number of likely N-dealkylation sites (tertiary alicyclic amines) is 1. The van der Waals surface area contributed by atoms with Crippen LogP contribution in [0.4, 0.5) is 0 Å². The molecule has 4 rings (SSSR count). The summed E-state index contributed by atoms with van der Waals surface area (Å²) in [6, 6.07) is -0.704. The molecule has 4 aliphatic heterocycles. The first-order valence-electron chi connectivity index (χ1n) is 12.7. The van der Waals surface area contributed by atoms with E-state index < -0.39 is 32.9 Å². The van der Waals surface area contributed by atoms with Gasteiger partial charge in [-0.1, -0.05) is 45.1 Å². The van der Waals surface area contributed by atoms with Crippen molar-refractivity contribution in [1.29, 1.82) is 0 Å². The number of likely N-dealkylation sites (N-methyl/N-ethyl adjacent to an activating group) is 1. The van der Waals surface area contributed by atoms with Gasteiger partial charge in [0, 0.05) is 43.6 Å². The van der Waals surface area contributed by atoms with Crippen molar-refractivity contribution < 1.29 is 19.5 Å². The van der Waals surface area contributed by atoms with Gasteiger partial charge in [-0.3, -0.25) is 14.4 Å². The highest BCUT2D eigenvalue weighted by Crippen LogP contribution is 2.65. The van der Waals surface area contributed by atoms with Crippen molar-refractivity contribution in [3.63, 3.8) is 0 Å². The lowest BCUT2D eigenvalue weighted by atomic mass is 9.74. The smallest absolute Gasteiger partial charge is 0.247 e. The number of carbonyl (C=O) groups is 3. The normalized spacial score (nSPS) is 35.3. The van der Waals surface area contributed by atoms with Crippen LogP contribution >= 0.6 is 11.8 Å². The first kappa shape index (κ1) is 26.3. The largest absolute Gasteiger partial charge is 0.396 e. The number of hydrogen-bond acceptors (Lipinski definition) is 5. The lowest BCUT2D eigenvalue weighted by Crippen LogP contribution is -2.58. The minimum absolute atomic E-state index is 0.0205. The van der Waals surface area contributed by atoms with Gasteiger partial charge in [0.1, 0.15) is 6.04 Å². The van der Waals surface area contributed by atoms with Crippen LogP contribution in [0.1, 0.15) is 54.4 Å². The number of thioether (sulfide) groups is 1. The molecule has 0 radical (unpaired) electrons. The van der Waals surface area contributed by atoms with Crippen LogP contribution in [-0.4, -0.2) is 91.9 Å². The van der Waals surface area contributed by atoms with Crippen molar-refractivity contribution in [3.05, 3.63) is 24.3 Å². The van der Waals surface area contributed by atoms with Gasteiger partial charge in [-0.25, -0.2) is 0 Å². The second-order valence-electron chi connectivity index (χ2n) is 12.6. The fourth-order valence-electron chi connectivity index (χ4n) is 7.06. The maximum atomic E-state index is 14.4. The number of amides is 3. The van der Waals surface area contributed by atoms with E-state index in [1.807, 2.05) is 24.0 Å². The maximum Gasteiger partial charge on any atom is 0.247 e. The van der Waals surface area contributed by atoms with E-state index in [1.54, 1.807) is 28.6 Å². The highest BCUT2D eigenvalue weighted by Gasteiger charge is 2.74. The molecule has 35 heavy (non-hydrogen) atoms. The molecule has 2 fully saturated rings. The fraction of sp³-hybridized carbons (Fsp3) is 0.741. The Morgan fingerprint density at radius 2 is 1.66 bits per heavy atom. The first-order valence-corrected chi connectivity index (χ1v) is 13.5. The highest BCUT2D eigenvalue weighted by atomic mass is 32.2. The molecule has 0 saturated carbocycles. The molecule has 4 aliphatic rings. The van der Waals surface area contributed by atoms with Crippen molar-refractivity contribution in [2.24, 2.45) is 17.3 Å². The third-order valence-electron chi connectivity index (χ3n) is 8.01. The van der Waals surface area contributed by atoms with E-state index in [1.165, 1.54) is 0 Å². The SMILES string of the molecule is CN1CC=C[C@]2(C)S[C@]34C=CCN(C(C)(C)CC(C)(C)C)C(=O)C3N(CCCO)C(=O)[C@@H]4[C@@H]2C1=O. The zero-order valence-electron chi connectivity index (χ0n) is 22.2. The first-order chi connectivity index (χ1) is 16.2. The van der Waals surface area contributed by atoms with Crippen LogP contribution in [0.15, 0.2) is 24.3 Å². The van der Waals surface area contributed by atoms with E-state index in [0.29, 0.717) is 26.1 Å². The summed E-state index contributed by atoms with van der Waals surface area (Å²) in [6.45, 7) is 14.0. The number of rotatable bonds is 5. The van der Waals surface area contributed by atoms with Gasteiger partial charge >= 0.3 is 0 Å². The summed E-state index contributed by atoms with van der Waals surface area (Å²) in [7, 11) is 1.78. The van der Waals surface area contributed by atoms with Crippen LogP contribution in [0.25, 0.3) is 0 Å². The van der Waals surface area contributed by atoms with Gasteiger partial charge in [0.2, 0.25) is 17.7 Å². The molecule has 2 saturated heterocycles. The summed E-state index contributed by atoms with van der Waals surface area (Å²) in [4.78, 5) is 47.4. The Labute approximate surface area is 214 Å². The molecule has 0 aromatic rings. The van der Waals surface area contributed by atoms with Crippen LogP contribution < -0.4 is 0 Å². The van der Waals surface area contributed by atoms with Crippen molar-refractivity contribution in [3.8, 4) is 0 Å². The van der Waals surface area contributed by atoms with Crippen molar-refractivity contribution in [1.82, 2.24) is 14.7 Å². The van der Waals surface area contributed by atoms with Crippen LogP contribution in [-0.2, 0) is 14.4 Å². The Morgan fingerprint density at radius 1 is 1.00 bits per heavy atom. The van der Waals surface area contributed by atoms with Gasteiger partial charge in [0.25, 0.3) is 0 Å². The zero-order valence-corrected chi connectivity index (χ0v) is 23.0. The van der Waals surface area contributed by atoms with Gasteiger partial charge in [-0.2, -0.15) is 0 Å². The van der Waals surface area contributed by atoms with Crippen molar-refractivity contribution in [2.45, 2.75) is 75.5 Å². The zero-order chi connectivity index (χ0) is 26.0. The summed E-state index contributed by atoms with van der Waals surface area (Å²) in [5.74, 6) is -1.41. The molecule has 4 heterocycles. The Hall–Kier alpha value is -1.80. The van der Waals surface area contributed by atoms with Crippen LogP contribution in [0.2, 0.25) is 0 Å². The average Bonchev–Trinajstić information content (AvgIpc) is 2.99. The molecular formula is C27H41N3O4S. The summed E-state index contributed by atoms with van der Waals surface area (Å²) >= 11 is 1.61. The third-order valence-corrected chi connectivity index (χ3v) is 9.81. The lowest BCUT2D eigenvalue weighted by molar-refractivity contribution is -0.147. The minimum Gasteiger partial charge on any atom is -0.396 e. The predicted molar refractivity (Wildman–Crippen MR) is 139 cm³/mol. The Bertz CT molecular complexity index is 970. The highest BCUT2D eigenvalue weighted by molar-refractivity contribution is 8.02. The molecule has 5 atom stereocenters. The number of aliphatic hydroxyl groups is 1. The summed E-state index contributed by atoms with van der Waals surface area (Å²) < 4.78 is -1.40. The molecule has 1 N–H and O–H groups in total. The molecule has 3 amide bonds. The molecule has 8 heteroatoms. The molecule has 0 aromatic heterocycles. The monoisotopic (exact) mass is 503 g/mol. The standard InChI is InChI=1S/C27H41N3O4S/c1-24(2,3)17-25(4,5)30-15-9-12-27-19(22(33)29(14-10-16-31)20(27)23(30)34)18-21(32)28(7)13-8-11-26(18,6)35-27/h8-9,11-12,18-20,31H,10,13-17H2,1-7H3/t18-,19+,20?,26+,27+/m1/s1. The Kier molecular flexibility index (Phi) is 6.49. The Balaban J connectivity index is 1.84. The van der Waals surface area contributed by atoms with E-state index in [0.717, 1.165) is 6.42 Å². The van der Waals surface area contributed by atoms with E-state index in [-0.39, 0.29) is 29.7 Å². The second-order valence-corrected chi connectivity index (χ2v) is 14.4. The van der Waals surface area contributed by atoms with Gasteiger partial charge in [0.15, 0.2) is 0 Å². The molecule has 194 valence electrons. The summed E-state index contributed by atoms with van der Waals surface area (Å²) in [5, 5.41) is 9.56. The van der Waals surface area contributed by atoms with Crippen LogP contribution in [0.3, 0.4) is 0 Å². The van der Waals surface area contributed by atoms with Crippen LogP contribution in [0.5, 0.6) is 0 Å². The number of carbonyl (C=O) groups excluding carboxylic acids is 3. The summed E-state index contributed by atoms with van der Waals surface area (Å²) in [6.07, 6.45) is 9.39. The van der Waals surface area contributed by atoms with E-state index >= 15 is 0 Å². The van der Waals surface area contributed by atoms with Gasteiger partial charge in [0.05, 0.1) is 16.6 Å². The maximum absolute atomic E-state index is 14.4. The third kappa shape index (κ3) is 4.14. The van der Waals surface area contributed by atoms with E-state index in [9.17, 15) is 19.5 Å². The number of nitrogens with zero attached hydrogens (tertiary/aromatic N) is 3. The Morgan fingerprint density at radius 3 is 2.29 bits per heavy atom. The molecule has 0 aliphatic carbocycles. The fourth-order valence-corrected chi connectivity index (χ4v) is 9.22. The number of hydrogen-bond donors (Lipinski definition) is 1. The lowest BCUT2D eigenvalue weighted by Gasteiger charge is -2.44. The second kappa shape index (κ2) is 8.65. The topological polar surface area (TPSA) is 81.2 Å². The predicted octanol–water partition coefficient (Wildman–Crippen LogP) is 2.70. The molecule has 0 bridgehead atoms. The van der Waals surface area contributed by atoms with Crippen LogP contribution in [0, 0.1) is 17.3 Å². The van der Waals surface area contributed by atoms with Gasteiger partial charge < -0.3 is 19.8 Å². The molecule has 7 nitrogen and oxygen atoms in total. The molecule has 1 unspecified atom stereocenters. The number of fused-ring (bicyclic) bond motifs is 2. The molecular weight excluding hydrogens is 462 g/mol. The van der Waals surface area contributed by atoms with E-state index in [4.69, 9.17) is 0 Å². The minimum atomic E-state index is -0.826. The molecule has 1 spiro atoms. The van der Waals surface area contributed by atoms with Gasteiger partial charge in [-0.15, -0.1) is 11.8 Å². The average molecular weight is 504 g/mol. The van der Waals surface area contributed by atoms with Crippen molar-refractivity contribution in [2.75, 3.05) is 33.3 Å². The van der Waals surface area contributed by atoms with E-state index in [2.05, 4.69) is 46.8 Å². The van der Waals surface area contributed by atoms with Crippen molar-refractivity contribution >= 4 is 29.5 Å².